The zero-order chi connectivity index (χ0) is 14.4. The molecule has 1 aliphatic rings. The summed E-state index contributed by atoms with van der Waals surface area (Å²) in [6, 6.07) is 10.2. The minimum absolute atomic E-state index is 0.0127. The van der Waals surface area contributed by atoms with Crippen LogP contribution < -0.4 is 5.32 Å². The molecule has 2 atom stereocenters. The Morgan fingerprint density at radius 2 is 2.20 bits per heavy atom. The Labute approximate surface area is 121 Å². The van der Waals surface area contributed by atoms with Gasteiger partial charge >= 0.3 is 0 Å². The number of hydrogen-bond acceptors (Lipinski definition) is 3. The summed E-state index contributed by atoms with van der Waals surface area (Å²) >= 11 is 0. The molecule has 0 unspecified atom stereocenters. The molecule has 110 valence electrons. The van der Waals surface area contributed by atoms with E-state index >= 15 is 0 Å². The average molecular weight is 276 g/mol. The van der Waals surface area contributed by atoms with Gasteiger partial charge in [0.05, 0.1) is 6.61 Å². The molecular weight excluding hydrogens is 252 g/mol. The van der Waals surface area contributed by atoms with Crippen LogP contribution in [-0.2, 0) is 16.1 Å². The number of carbonyl (C=O) groups is 1. The lowest BCUT2D eigenvalue weighted by atomic mass is 10.1. The number of amides is 1. The maximum absolute atomic E-state index is 12.1. The van der Waals surface area contributed by atoms with Crippen LogP contribution in [0.5, 0.6) is 0 Å². The van der Waals surface area contributed by atoms with Crippen molar-refractivity contribution >= 4 is 5.91 Å². The van der Waals surface area contributed by atoms with Gasteiger partial charge in [0.15, 0.2) is 0 Å². The van der Waals surface area contributed by atoms with E-state index in [-0.39, 0.29) is 11.9 Å². The molecule has 20 heavy (non-hydrogen) atoms. The second-order valence-corrected chi connectivity index (χ2v) is 5.55. The van der Waals surface area contributed by atoms with E-state index in [1.807, 2.05) is 37.3 Å². The molecule has 2 rings (SSSR count). The first kappa shape index (κ1) is 15.0. The van der Waals surface area contributed by atoms with Crippen LogP contribution in [0.2, 0.25) is 0 Å². The molecule has 1 fully saturated rings. The number of likely N-dealkylation sites (N-methyl/N-ethyl adjacent to an activating group) is 1. The zero-order valence-electron chi connectivity index (χ0n) is 12.3. The van der Waals surface area contributed by atoms with Gasteiger partial charge in [-0.05, 0) is 38.9 Å². The number of ether oxygens (including phenoxy) is 1. The Kier molecular flexibility index (Phi) is 5.56. The van der Waals surface area contributed by atoms with E-state index in [2.05, 4.69) is 17.3 Å². The molecule has 1 heterocycles. The van der Waals surface area contributed by atoms with Gasteiger partial charge in [0, 0.05) is 12.6 Å². The number of piperidine rings is 1. The Bertz CT molecular complexity index is 422. The van der Waals surface area contributed by atoms with Crippen molar-refractivity contribution in [3.05, 3.63) is 35.9 Å². The van der Waals surface area contributed by atoms with Crippen LogP contribution in [0, 0.1) is 0 Å². The smallest absolute Gasteiger partial charge is 0.249 e. The molecule has 0 radical (unpaired) electrons. The predicted octanol–water partition coefficient (Wildman–Crippen LogP) is 1.80. The van der Waals surface area contributed by atoms with Gasteiger partial charge in [-0.3, -0.25) is 4.79 Å². The summed E-state index contributed by atoms with van der Waals surface area (Å²) in [5, 5.41) is 3.08. The fourth-order valence-corrected chi connectivity index (χ4v) is 2.47. The minimum Gasteiger partial charge on any atom is -0.364 e. The van der Waals surface area contributed by atoms with Crippen LogP contribution in [0.3, 0.4) is 0 Å². The van der Waals surface area contributed by atoms with E-state index < -0.39 is 6.10 Å². The summed E-state index contributed by atoms with van der Waals surface area (Å²) < 4.78 is 5.63. The van der Waals surface area contributed by atoms with E-state index in [0.29, 0.717) is 6.61 Å². The molecule has 1 N–H and O–H groups in total. The summed E-state index contributed by atoms with van der Waals surface area (Å²) in [5.74, 6) is -0.0127. The van der Waals surface area contributed by atoms with Crippen LogP contribution in [0.25, 0.3) is 0 Å². The van der Waals surface area contributed by atoms with E-state index in [9.17, 15) is 4.79 Å². The summed E-state index contributed by atoms with van der Waals surface area (Å²) in [7, 11) is 2.09. The number of nitrogens with one attached hydrogen (secondary N) is 1. The number of carbonyl (C=O) groups excluding carboxylic acids is 1. The van der Waals surface area contributed by atoms with Gasteiger partial charge in [0.1, 0.15) is 6.10 Å². The average Bonchev–Trinajstić information content (AvgIpc) is 2.46. The molecule has 0 saturated carbocycles. The monoisotopic (exact) mass is 276 g/mol. The lowest BCUT2D eigenvalue weighted by Gasteiger charge is -2.30. The second kappa shape index (κ2) is 7.41. The molecule has 4 nitrogen and oxygen atoms in total. The lowest BCUT2D eigenvalue weighted by Crippen LogP contribution is -2.49. The first-order chi connectivity index (χ1) is 9.65. The van der Waals surface area contributed by atoms with E-state index in [0.717, 1.165) is 31.5 Å². The van der Waals surface area contributed by atoms with Crippen molar-refractivity contribution < 1.29 is 9.53 Å². The fourth-order valence-electron chi connectivity index (χ4n) is 2.47. The Balaban J connectivity index is 1.74. The fraction of sp³-hybridized carbons (Fsp3) is 0.562. The van der Waals surface area contributed by atoms with Crippen molar-refractivity contribution in [3.63, 3.8) is 0 Å². The van der Waals surface area contributed by atoms with Gasteiger partial charge in [-0.1, -0.05) is 30.3 Å². The summed E-state index contributed by atoms with van der Waals surface area (Å²) in [5.41, 5.74) is 1.09. The molecule has 1 aromatic carbocycles. The highest BCUT2D eigenvalue weighted by atomic mass is 16.5. The SMILES string of the molecule is C[C@@H](OCc1ccccc1)C(=O)N[C@@H]1CCCN(C)C1. The third-order valence-corrected chi connectivity index (χ3v) is 3.68. The predicted molar refractivity (Wildman–Crippen MR) is 79.4 cm³/mol. The molecule has 1 aliphatic heterocycles. The molecule has 4 heteroatoms. The number of hydrogen-bond donors (Lipinski definition) is 1. The summed E-state index contributed by atoms with van der Waals surface area (Å²) in [4.78, 5) is 14.3. The highest BCUT2D eigenvalue weighted by Gasteiger charge is 2.21. The van der Waals surface area contributed by atoms with Crippen LogP contribution in [0.4, 0.5) is 0 Å². The molecular formula is C16H24N2O2. The van der Waals surface area contributed by atoms with Gasteiger partial charge < -0.3 is 15.0 Å². The van der Waals surface area contributed by atoms with Gasteiger partial charge in [0.2, 0.25) is 5.91 Å². The summed E-state index contributed by atoms with van der Waals surface area (Å²) in [6.07, 6.45) is 1.78. The minimum atomic E-state index is -0.414. The maximum Gasteiger partial charge on any atom is 0.249 e. The third kappa shape index (κ3) is 4.62. The third-order valence-electron chi connectivity index (χ3n) is 3.68. The number of rotatable bonds is 5. The first-order valence-corrected chi connectivity index (χ1v) is 7.29. The molecule has 1 aromatic rings. The zero-order valence-corrected chi connectivity index (χ0v) is 12.3. The molecule has 0 aliphatic carbocycles. The number of likely N-dealkylation sites (tertiary alicyclic amines) is 1. The van der Waals surface area contributed by atoms with Crippen LogP contribution in [0.1, 0.15) is 25.3 Å². The van der Waals surface area contributed by atoms with Crippen molar-refractivity contribution in [1.29, 1.82) is 0 Å². The Morgan fingerprint density at radius 1 is 1.45 bits per heavy atom. The van der Waals surface area contributed by atoms with Gasteiger partial charge in [-0.25, -0.2) is 0 Å². The van der Waals surface area contributed by atoms with Crippen molar-refractivity contribution in [1.82, 2.24) is 10.2 Å². The molecule has 1 saturated heterocycles. The topological polar surface area (TPSA) is 41.6 Å². The van der Waals surface area contributed by atoms with E-state index in [1.165, 1.54) is 0 Å². The number of benzene rings is 1. The highest BCUT2D eigenvalue weighted by molar-refractivity contribution is 5.80. The van der Waals surface area contributed by atoms with Crippen molar-refractivity contribution in [3.8, 4) is 0 Å². The normalized spacial score (nSPS) is 21.4. The Hall–Kier alpha value is -1.39. The van der Waals surface area contributed by atoms with Crippen LogP contribution in [-0.4, -0.2) is 43.1 Å². The van der Waals surface area contributed by atoms with E-state index in [1.54, 1.807) is 0 Å². The molecule has 1 amide bonds. The first-order valence-electron chi connectivity index (χ1n) is 7.29. The Morgan fingerprint density at radius 3 is 2.90 bits per heavy atom. The van der Waals surface area contributed by atoms with E-state index in [4.69, 9.17) is 4.74 Å². The standard InChI is InChI=1S/C16H24N2O2/c1-13(20-12-14-7-4-3-5-8-14)16(19)17-15-9-6-10-18(2)11-15/h3-5,7-8,13,15H,6,9-12H2,1-2H3,(H,17,19)/t13-,15-/m1/s1. The van der Waals surface area contributed by atoms with Gasteiger partial charge in [-0.15, -0.1) is 0 Å². The van der Waals surface area contributed by atoms with Crippen molar-refractivity contribution in [2.24, 2.45) is 0 Å². The maximum atomic E-state index is 12.1. The number of nitrogens with zero attached hydrogens (tertiary/aromatic N) is 1. The van der Waals surface area contributed by atoms with Gasteiger partial charge in [0.25, 0.3) is 0 Å². The molecule has 0 aromatic heterocycles. The highest BCUT2D eigenvalue weighted by Crippen LogP contribution is 2.09. The quantitative estimate of drug-likeness (QED) is 0.891. The molecule has 0 spiro atoms. The van der Waals surface area contributed by atoms with Crippen molar-refractivity contribution in [2.75, 3.05) is 20.1 Å². The van der Waals surface area contributed by atoms with Crippen LogP contribution >= 0.6 is 0 Å². The van der Waals surface area contributed by atoms with Crippen LogP contribution in [0.15, 0.2) is 30.3 Å². The summed E-state index contributed by atoms with van der Waals surface area (Å²) in [6.45, 7) is 4.33. The molecule has 0 bridgehead atoms. The lowest BCUT2D eigenvalue weighted by molar-refractivity contribution is -0.133. The largest absolute Gasteiger partial charge is 0.364 e. The van der Waals surface area contributed by atoms with Crippen molar-refractivity contribution in [2.45, 2.75) is 38.5 Å². The van der Waals surface area contributed by atoms with Gasteiger partial charge in [-0.2, -0.15) is 0 Å². The second-order valence-electron chi connectivity index (χ2n) is 5.55.